The first-order valence-corrected chi connectivity index (χ1v) is 3.62. The number of hydrogen-bond donors (Lipinski definition) is 1. The van der Waals surface area contributed by atoms with Crippen molar-refractivity contribution in [3.05, 3.63) is 0 Å². The maximum absolute atomic E-state index is 11.0. The lowest BCUT2D eigenvalue weighted by atomic mass is 10.5. The Labute approximate surface area is 75.8 Å². The summed E-state index contributed by atoms with van der Waals surface area (Å²) < 4.78 is 4.55. The van der Waals surface area contributed by atoms with Crippen LogP contribution in [-0.2, 0) is 19.1 Å². The summed E-state index contributed by atoms with van der Waals surface area (Å²) in [5.74, 6) is -0.781. The molecule has 13 heavy (non-hydrogen) atoms. The van der Waals surface area contributed by atoms with Crippen molar-refractivity contribution in [2.24, 2.45) is 0 Å². The molecule has 0 aromatic heterocycles. The van der Waals surface area contributed by atoms with Gasteiger partial charge < -0.3 is 15.0 Å². The van der Waals surface area contributed by atoms with Gasteiger partial charge in [0.1, 0.15) is 0 Å². The molecule has 0 spiro atoms. The van der Waals surface area contributed by atoms with Gasteiger partial charge in [-0.1, -0.05) is 0 Å². The first-order chi connectivity index (χ1) is 6.07. The first-order valence-electron chi connectivity index (χ1n) is 3.62. The average molecular weight is 188 g/mol. The number of ether oxygens (including phenoxy) is 1. The second-order valence-corrected chi connectivity index (χ2v) is 2.36. The van der Waals surface area contributed by atoms with Crippen LogP contribution in [0.4, 0.5) is 0 Å². The van der Waals surface area contributed by atoms with Crippen molar-refractivity contribution in [3.8, 4) is 0 Å². The maximum Gasteiger partial charge on any atom is 0.304 e. The van der Waals surface area contributed by atoms with Crippen molar-refractivity contribution < 1.29 is 19.1 Å². The second kappa shape index (κ2) is 5.99. The quantitative estimate of drug-likeness (QED) is 0.331. The third-order valence-electron chi connectivity index (χ3n) is 1.22. The Morgan fingerprint density at radius 1 is 1.54 bits per heavy atom. The first kappa shape index (κ1) is 11.4. The van der Waals surface area contributed by atoms with Crippen LogP contribution < -0.4 is 5.32 Å². The summed E-state index contributed by atoms with van der Waals surface area (Å²) in [4.78, 5) is 32.4. The molecule has 0 aliphatic heterocycles. The van der Waals surface area contributed by atoms with E-state index in [2.05, 4.69) is 10.1 Å². The topological polar surface area (TPSA) is 75.7 Å². The predicted octanol–water partition coefficient (Wildman–Crippen LogP) is -1.29. The molecule has 0 aliphatic rings. The van der Waals surface area contributed by atoms with Crippen molar-refractivity contribution in [2.45, 2.75) is 6.92 Å². The molecule has 0 radical (unpaired) electrons. The summed E-state index contributed by atoms with van der Waals surface area (Å²) in [7, 11) is 1.47. The summed E-state index contributed by atoms with van der Waals surface area (Å²) in [6.07, 6.45) is 0.428. The van der Waals surface area contributed by atoms with Crippen LogP contribution in [0.3, 0.4) is 0 Å². The molecule has 0 aromatic carbocycles. The number of likely N-dealkylation sites (N-methyl/N-ethyl adjacent to an activating group) is 1. The Bertz CT molecular complexity index is 205. The fourth-order valence-corrected chi connectivity index (χ4v) is 0.524. The maximum atomic E-state index is 11.0. The molecule has 6 nitrogen and oxygen atoms in total. The summed E-state index contributed by atoms with van der Waals surface area (Å²) in [6, 6.07) is 0. The summed E-state index contributed by atoms with van der Waals surface area (Å²) in [5, 5.41) is 2.20. The molecule has 74 valence electrons. The number of esters is 1. The van der Waals surface area contributed by atoms with Gasteiger partial charge in [-0.25, -0.2) is 0 Å². The molecule has 1 N–H and O–H groups in total. The van der Waals surface area contributed by atoms with Gasteiger partial charge in [0.05, 0.1) is 6.54 Å². The van der Waals surface area contributed by atoms with Crippen molar-refractivity contribution in [3.63, 3.8) is 0 Å². The molecule has 0 saturated heterocycles. The van der Waals surface area contributed by atoms with Gasteiger partial charge in [-0.2, -0.15) is 0 Å². The fourth-order valence-electron chi connectivity index (χ4n) is 0.524. The molecule has 0 aliphatic carbocycles. The number of hydrogen-bond acceptors (Lipinski definition) is 4. The van der Waals surface area contributed by atoms with E-state index in [1.54, 1.807) is 0 Å². The Hall–Kier alpha value is -1.59. The van der Waals surface area contributed by atoms with Crippen LogP contribution in [0.25, 0.3) is 0 Å². The molecule has 0 heterocycles. The van der Waals surface area contributed by atoms with E-state index in [0.29, 0.717) is 6.41 Å². The third-order valence-corrected chi connectivity index (χ3v) is 1.22. The minimum atomic E-state index is -0.456. The molecule has 0 atom stereocenters. The monoisotopic (exact) mass is 188 g/mol. The second-order valence-electron chi connectivity index (χ2n) is 2.36. The number of nitrogens with one attached hydrogen (secondary N) is 1. The summed E-state index contributed by atoms with van der Waals surface area (Å²) in [5.41, 5.74) is 0. The van der Waals surface area contributed by atoms with Gasteiger partial charge >= 0.3 is 5.97 Å². The van der Waals surface area contributed by atoms with Crippen molar-refractivity contribution in [2.75, 3.05) is 20.3 Å². The Balaban J connectivity index is 3.68. The van der Waals surface area contributed by atoms with E-state index < -0.39 is 5.97 Å². The largest absolute Gasteiger partial charge is 0.444 e. The normalized spacial score (nSPS) is 8.77. The lowest BCUT2D eigenvalue weighted by Crippen LogP contribution is -2.36. The van der Waals surface area contributed by atoms with E-state index in [4.69, 9.17) is 0 Å². The van der Waals surface area contributed by atoms with Crippen molar-refractivity contribution >= 4 is 18.3 Å². The molecule has 0 bridgehead atoms. The fraction of sp³-hybridized carbons (Fsp3) is 0.571. The van der Waals surface area contributed by atoms with Crippen LogP contribution in [-0.4, -0.2) is 43.5 Å². The highest BCUT2D eigenvalue weighted by atomic mass is 16.5. The SMILES string of the molecule is CC(=O)OCN(C)C(=O)CNC=O. The smallest absolute Gasteiger partial charge is 0.304 e. The van der Waals surface area contributed by atoms with Gasteiger partial charge in [0, 0.05) is 14.0 Å². The van der Waals surface area contributed by atoms with Crippen LogP contribution in [0.1, 0.15) is 6.92 Å². The van der Waals surface area contributed by atoms with Crippen LogP contribution in [0.15, 0.2) is 0 Å². The van der Waals surface area contributed by atoms with Crippen LogP contribution in [0.5, 0.6) is 0 Å². The lowest BCUT2D eigenvalue weighted by molar-refractivity contribution is -0.149. The van der Waals surface area contributed by atoms with Gasteiger partial charge in [-0.3, -0.25) is 14.4 Å². The van der Waals surface area contributed by atoms with Crippen LogP contribution in [0.2, 0.25) is 0 Å². The van der Waals surface area contributed by atoms with Crippen LogP contribution in [0, 0.1) is 0 Å². The average Bonchev–Trinajstić information content (AvgIpc) is 2.10. The van der Waals surface area contributed by atoms with E-state index in [9.17, 15) is 14.4 Å². The number of nitrogens with zero attached hydrogens (tertiary/aromatic N) is 1. The van der Waals surface area contributed by atoms with Gasteiger partial charge in [0.15, 0.2) is 6.73 Å². The molecule has 0 unspecified atom stereocenters. The zero-order valence-electron chi connectivity index (χ0n) is 7.57. The highest BCUT2D eigenvalue weighted by Gasteiger charge is 2.08. The van der Waals surface area contributed by atoms with E-state index >= 15 is 0 Å². The minimum Gasteiger partial charge on any atom is -0.444 e. The van der Waals surface area contributed by atoms with Crippen LogP contribution >= 0.6 is 0 Å². The Kier molecular flexibility index (Phi) is 5.25. The Morgan fingerprint density at radius 3 is 2.62 bits per heavy atom. The van der Waals surface area contributed by atoms with Gasteiger partial charge in [0.25, 0.3) is 0 Å². The minimum absolute atomic E-state index is 0.0960. The number of carbonyl (C=O) groups is 3. The third kappa shape index (κ3) is 5.66. The van der Waals surface area contributed by atoms with Gasteiger partial charge in [0.2, 0.25) is 12.3 Å². The number of amides is 2. The molecule has 2 amide bonds. The summed E-state index contributed by atoms with van der Waals surface area (Å²) in [6.45, 7) is 1.05. The molecule has 0 fully saturated rings. The number of rotatable bonds is 5. The molecule has 0 rings (SSSR count). The zero-order chi connectivity index (χ0) is 10.3. The van der Waals surface area contributed by atoms with Gasteiger partial charge in [-0.15, -0.1) is 0 Å². The molecule has 0 saturated carbocycles. The van der Waals surface area contributed by atoms with E-state index in [1.807, 2.05) is 0 Å². The zero-order valence-corrected chi connectivity index (χ0v) is 7.57. The Morgan fingerprint density at radius 2 is 2.15 bits per heavy atom. The van der Waals surface area contributed by atoms with E-state index in [0.717, 1.165) is 0 Å². The summed E-state index contributed by atoms with van der Waals surface area (Å²) >= 11 is 0. The standard InChI is InChI=1S/C7H12N2O4/c1-6(11)13-5-9(2)7(12)3-8-4-10/h4H,3,5H2,1-2H3,(H,8,10). The highest BCUT2D eigenvalue weighted by molar-refractivity contribution is 5.79. The molecule has 6 heteroatoms. The molecular weight excluding hydrogens is 176 g/mol. The number of carbonyl (C=O) groups excluding carboxylic acids is 3. The molecular formula is C7H12N2O4. The van der Waals surface area contributed by atoms with Gasteiger partial charge in [-0.05, 0) is 0 Å². The van der Waals surface area contributed by atoms with Crippen molar-refractivity contribution in [1.29, 1.82) is 0 Å². The molecule has 0 aromatic rings. The van der Waals surface area contributed by atoms with E-state index in [-0.39, 0.29) is 19.2 Å². The van der Waals surface area contributed by atoms with E-state index in [1.165, 1.54) is 18.9 Å². The van der Waals surface area contributed by atoms with Crippen molar-refractivity contribution in [1.82, 2.24) is 10.2 Å². The highest BCUT2D eigenvalue weighted by Crippen LogP contribution is 1.85. The lowest BCUT2D eigenvalue weighted by Gasteiger charge is -2.15. The predicted molar refractivity (Wildman–Crippen MR) is 43.5 cm³/mol.